The smallest absolute Gasteiger partial charge is 0.412 e. The highest BCUT2D eigenvalue weighted by atomic mass is 31.1. The predicted octanol–water partition coefficient (Wildman–Crippen LogP) is 11.5. The zero-order chi connectivity index (χ0) is 38.4. The number of nitrogens with one attached hydrogen (secondary N) is 1. The molecule has 2 aliphatic heterocycles. The normalized spacial score (nSPS) is 22.7. The Morgan fingerprint density at radius 2 is 1.16 bits per heavy atom. The lowest BCUT2D eigenvalue weighted by Gasteiger charge is -2.36. The highest BCUT2D eigenvalue weighted by Crippen LogP contribution is 2.46. The van der Waals surface area contributed by atoms with E-state index in [4.69, 9.17) is 36.6 Å². The first-order chi connectivity index (χ1) is 27.9. The Labute approximate surface area is 332 Å². The molecule has 2 aliphatic carbocycles. The van der Waals surface area contributed by atoms with Crippen LogP contribution < -0.4 is 9.84 Å². The number of ether oxygens (including phenoxy) is 5. The molecule has 2 spiro atoms. The highest BCUT2D eigenvalue weighted by Gasteiger charge is 2.54. The van der Waals surface area contributed by atoms with Crippen LogP contribution in [0.3, 0.4) is 0 Å². The molecule has 0 bridgehead atoms. The van der Waals surface area contributed by atoms with Gasteiger partial charge in [0.15, 0.2) is 17.7 Å². The lowest BCUT2D eigenvalue weighted by molar-refractivity contribution is -0.212. The van der Waals surface area contributed by atoms with Crippen molar-refractivity contribution >= 4 is 63.5 Å². The Morgan fingerprint density at radius 3 is 1.70 bits per heavy atom. The number of carbonyl (C=O) groups is 1. The number of rotatable bonds is 7. The van der Waals surface area contributed by atoms with Crippen LogP contribution in [0.5, 0.6) is 0 Å². The van der Waals surface area contributed by atoms with E-state index in [0.717, 1.165) is 102 Å². The van der Waals surface area contributed by atoms with Crippen molar-refractivity contribution in [1.29, 1.82) is 0 Å². The van der Waals surface area contributed by atoms with Crippen molar-refractivity contribution in [3.63, 3.8) is 0 Å². The summed E-state index contributed by atoms with van der Waals surface area (Å²) in [6.45, 7) is 2.47. The molecular weight excluding hydrogens is 741 g/mol. The van der Waals surface area contributed by atoms with Crippen molar-refractivity contribution in [2.24, 2.45) is 0 Å². The molecule has 10 rings (SSSR count). The molecule has 1 N–H and O–H groups in total. The monoisotopic (exact) mass is 789 g/mol. The minimum absolute atomic E-state index is 0.227. The minimum atomic E-state index is -2.16. The molecule has 2 saturated heterocycles. The molecule has 10 nitrogen and oxygen atoms in total. The maximum atomic E-state index is 14.0. The van der Waals surface area contributed by atoms with Crippen LogP contribution >= 0.6 is 8.24 Å². The van der Waals surface area contributed by atoms with Gasteiger partial charge in [-0.15, -0.1) is 0 Å². The lowest BCUT2D eigenvalue weighted by Crippen LogP contribution is -2.53. The summed E-state index contributed by atoms with van der Waals surface area (Å²) in [7, 11) is -2.16. The van der Waals surface area contributed by atoms with E-state index in [1.807, 2.05) is 67.6 Å². The van der Waals surface area contributed by atoms with Gasteiger partial charge in [0.1, 0.15) is 29.5 Å². The van der Waals surface area contributed by atoms with Crippen molar-refractivity contribution in [2.75, 3.05) is 18.5 Å². The Morgan fingerprint density at radius 1 is 0.649 bits per heavy atom. The first kappa shape index (κ1) is 36.9. The summed E-state index contributed by atoms with van der Waals surface area (Å²) in [6.07, 6.45) is 5.59. The molecule has 11 heteroatoms. The molecule has 2 saturated carbocycles. The molecule has 3 heterocycles. The van der Waals surface area contributed by atoms with Crippen molar-refractivity contribution in [2.45, 2.75) is 107 Å². The van der Waals surface area contributed by atoms with Gasteiger partial charge in [0.2, 0.25) is 0 Å². The summed E-state index contributed by atoms with van der Waals surface area (Å²) in [5.41, 5.74) is 2.97. The zero-order valence-electron chi connectivity index (χ0n) is 32.2. The molecule has 1 aromatic heterocycles. The summed E-state index contributed by atoms with van der Waals surface area (Å²) in [4.78, 5) is 14.0. The summed E-state index contributed by atoms with van der Waals surface area (Å²) < 4.78 is 54.0. The van der Waals surface area contributed by atoms with Crippen LogP contribution in [0.2, 0.25) is 0 Å². The van der Waals surface area contributed by atoms with E-state index in [-0.39, 0.29) is 13.2 Å². The number of fused-ring (bicyclic) bond motifs is 7. The van der Waals surface area contributed by atoms with E-state index < -0.39 is 50.3 Å². The third kappa shape index (κ3) is 7.33. The fourth-order valence-corrected chi connectivity index (χ4v) is 10.5. The Balaban J connectivity index is 1.11. The third-order valence-corrected chi connectivity index (χ3v) is 13.3. The van der Waals surface area contributed by atoms with Gasteiger partial charge in [0.25, 0.3) is 0 Å². The van der Waals surface area contributed by atoms with Crippen LogP contribution in [-0.4, -0.2) is 55.3 Å². The highest BCUT2D eigenvalue weighted by molar-refractivity contribution is 7.31. The topological polar surface area (TPSA) is 111 Å². The number of hydrogen-bond acceptors (Lipinski definition) is 9. The average Bonchev–Trinajstić information content (AvgIpc) is 3.79. The Bertz CT molecular complexity index is 2360. The number of carbonyl (C=O) groups excluding carboxylic acids is 1. The SMILES string of the molecule is Cc1ccc(NC(=O)O[C@@H]([C@H](Op2oc3ccc4ccccc4c3c3c(ccc4ccccc43)o2)[C@H]2COC3(CCCCC3)O2)[C@H]2COC3(CCCCC3)O2)cc1. The maximum absolute atomic E-state index is 14.0. The van der Waals surface area contributed by atoms with Crippen molar-refractivity contribution in [3.05, 3.63) is 103 Å². The van der Waals surface area contributed by atoms with Crippen LogP contribution in [0.4, 0.5) is 10.5 Å². The molecular formula is C46H48NO9P. The van der Waals surface area contributed by atoms with E-state index in [2.05, 4.69) is 41.7 Å². The second kappa shape index (κ2) is 15.4. The number of anilines is 1. The largest absolute Gasteiger partial charge is 0.440 e. The molecule has 4 atom stereocenters. The molecule has 296 valence electrons. The van der Waals surface area contributed by atoms with Gasteiger partial charge in [-0.25, -0.2) is 4.79 Å². The first-order valence-corrected chi connectivity index (χ1v) is 21.6. The van der Waals surface area contributed by atoms with E-state index in [1.54, 1.807) is 0 Å². The summed E-state index contributed by atoms with van der Waals surface area (Å²) in [5, 5.41) is 9.05. The lowest BCUT2D eigenvalue weighted by atomic mass is 9.94. The molecule has 6 aromatic rings. The predicted molar refractivity (Wildman–Crippen MR) is 220 cm³/mol. The van der Waals surface area contributed by atoms with Crippen LogP contribution in [0, 0.1) is 6.92 Å². The molecule has 4 fully saturated rings. The van der Waals surface area contributed by atoms with E-state index in [9.17, 15) is 4.79 Å². The number of amides is 1. The summed E-state index contributed by atoms with van der Waals surface area (Å²) in [5.74, 6) is -1.47. The summed E-state index contributed by atoms with van der Waals surface area (Å²) in [6, 6.07) is 32.3. The van der Waals surface area contributed by atoms with E-state index in [1.165, 1.54) is 0 Å². The van der Waals surface area contributed by atoms with Gasteiger partial charge in [-0.1, -0.05) is 91.2 Å². The molecule has 0 unspecified atom stereocenters. The molecule has 4 aliphatic rings. The molecule has 1 amide bonds. The first-order valence-electron chi connectivity index (χ1n) is 20.5. The van der Waals surface area contributed by atoms with Gasteiger partial charge >= 0.3 is 14.3 Å². The molecule has 57 heavy (non-hydrogen) atoms. The summed E-state index contributed by atoms with van der Waals surface area (Å²) >= 11 is 0. The standard InChI is InChI=1S/C46H48NO9P/c1-30-16-20-33(21-17-30)47-44(48)51-42(38-28-49-45(52-38)24-8-2-9-25-45)43(39-29-50-46(53-39)26-10-3-11-27-46)56-57-54-36-22-18-31-12-4-6-14-34(31)40(36)41-35-15-7-5-13-32(35)19-23-37(41)55-57/h4-7,12-23,38-39,42-43H,2-3,8-11,24-29H2,1H3,(H,47,48)/t38-,39-,42-,43-/m1/s1. The van der Waals surface area contributed by atoms with Gasteiger partial charge in [-0.05, 0) is 78.4 Å². The minimum Gasteiger partial charge on any atom is -0.440 e. The van der Waals surface area contributed by atoms with E-state index in [0.29, 0.717) is 16.9 Å². The van der Waals surface area contributed by atoms with Crippen molar-refractivity contribution < 1.29 is 41.4 Å². The second-order valence-corrected chi connectivity index (χ2v) is 17.1. The van der Waals surface area contributed by atoms with Gasteiger partial charge in [0.05, 0.1) is 13.2 Å². The zero-order valence-corrected chi connectivity index (χ0v) is 33.0. The Kier molecular flexibility index (Phi) is 9.97. The van der Waals surface area contributed by atoms with Crippen LogP contribution in [-0.2, 0) is 23.7 Å². The van der Waals surface area contributed by atoms with Gasteiger partial charge in [0, 0.05) is 42.1 Å². The maximum Gasteiger partial charge on any atom is 0.412 e. The van der Waals surface area contributed by atoms with Crippen LogP contribution in [0.25, 0.3) is 43.5 Å². The average molecular weight is 790 g/mol. The second-order valence-electron chi connectivity index (χ2n) is 16.0. The number of hydrogen-bond donors (Lipinski definition) is 1. The quantitative estimate of drug-likeness (QED) is 0.169. The fraction of sp³-hybridized carbons (Fsp3) is 0.413. The van der Waals surface area contributed by atoms with Gasteiger partial charge in [-0.2, -0.15) is 0 Å². The molecule has 5 aromatic carbocycles. The molecule has 0 radical (unpaired) electrons. The van der Waals surface area contributed by atoms with Crippen LogP contribution in [0.15, 0.2) is 105 Å². The van der Waals surface area contributed by atoms with Crippen LogP contribution in [0.1, 0.15) is 69.8 Å². The van der Waals surface area contributed by atoms with Gasteiger partial charge < -0.3 is 32.1 Å². The number of benzene rings is 5. The van der Waals surface area contributed by atoms with Gasteiger partial charge in [-0.3, -0.25) is 9.84 Å². The fourth-order valence-electron chi connectivity index (χ4n) is 9.28. The Hall–Kier alpha value is -4.41. The third-order valence-electron chi connectivity index (χ3n) is 12.2. The van der Waals surface area contributed by atoms with E-state index >= 15 is 0 Å². The van der Waals surface area contributed by atoms with Crippen molar-refractivity contribution in [3.8, 4) is 0 Å². The van der Waals surface area contributed by atoms with Crippen molar-refractivity contribution in [1.82, 2.24) is 0 Å². The number of aryl methyl sites for hydroxylation is 1.